The number of hydrogen-bond donors (Lipinski definition) is 0. The largest absolute Gasteiger partial charge is 0.0648 e. The molecule has 0 nitrogen and oxygen atoms in total. The van der Waals surface area contributed by atoms with Crippen molar-refractivity contribution in [1.29, 1.82) is 0 Å². The van der Waals surface area contributed by atoms with Gasteiger partial charge in [-0.3, -0.25) is 0 Å². The maximum absolute atomic E-state index is 2.42. The van der Waals surface area contributed by atoms with Crippen LogP contribution in [0.2, 0.25) is 0 Å². The number of aryl methyl sites for hydroxylation is 2. The molecule has 0 amide bonds. The fraction of sp³-hybridized carbons (Fsp3) is 0.467. The highest BCUT2D eigenvalue weighted by Crippen LogP contribution is 2.34. The summed E-state index contributed by atoms with van der Waals surface area (Å²) in [4.78, 5) is 0. The van der Waals surface area contributed by atoms with E-state index in [0.29, 0.717) is 0 Å². The predicted octanol–water partition coefficient (Wildman–Crippen LogP) is 4.54. The van der Waals surface area contributed by atoms with Crippen LogP contribution in [0.5, 0.6) is 0 Å². The lowest BCUT2D eigenvalue weighted by Crippen LogP contribution is -1.98. The average molecular weight is 202 g/mol. The Morgan fingerprint density at radius 1 is 1.27 bits per heavy atom. The molecule has 0 aromatic heterocycles. The fourth-order valence-corrected chi connectivity index (χ4v) is 2.35. The summed E-state index contributed by atoms with van der Waals surface area (Å²) in [5, 5.41) is 0. The number of allylic oxidation sites excluding steroid dienone is 1. The van der Waals surface area contributed by atoms with Crippen LogP contribution < -0.4 is 0 Å². The molecule has 0 saturated heterocycles. The Labute approximate surface area is 94.5 Å². The minimum absolute atomic E-state index is 0. The van der Waals surface area contributed by atoms with E-state index >= 15 is 0 Å². The van der Waals surface area contributed by atoms with Crippen LogP contribution in [0.1, 0.15) is 43.9 Å². The third-order valence-corrected chi connectivity index (χ3v) is 3.77. The van der Waals surface area contributed by atoms with Gasteiger partial charge in [0.1, 0.15) is 0 Å². The normalized spacial score (nSPS) is 16.1. The maximum Gasteiger partial charge on any atom is 0 e. The smallest absolute Gasteiger partial charge is 0 e. The summed E-state index contributed by atoms with van der Waals surface area (Å²) in [5.74, 6) is 0.733. The van der Waals surface area contributed by atoms with Crippen molar-refractivity contribution in [3.05, 3.63) is 40.0 Å². The lowest BCUT2D eigenvalue weighted by Gasteiger charge is -2.10. The molecule has 0 saturated carbocycles. The molecule has 0 radical (unpaired) electrons. The van der Waals surface area contributed by atoms with Crippen molar-refractivity contribution in [2.75, 3.05) is 0 Å². The van der Waals surface area contributed by atoms with Crippen LogP contribution in [0.4, 0.5) is 0 Å². The van der Waals surface area contributed by atoms with Crippen molar-refractivity contribution in [1.82, 2.24) is 0 Å². The third kappa shape index (κ3) is 1.73. The van der Waals surface area contributed by atoms with E-state index in [9.17, 15) is 0 Å². The van der Waals surface area contributed by atoms with E-state index in [1.807, 2.05) is 0 Å². The zero-order valence-corrected chi connectivity index (χ0v) is 10.2. The molecule has 1 atom stereocenters. The van der Waals surface area contributed by atoms with Gasteiger partial charge in [0.25, 0.3) is 0 Å². The van der Waals surface area contributed by atoms with Crippen LogP contribution in [0.15, 0.2) is 17.7 Å². The standard InChI is InChI=1S/C15H20.H2/c1-5-10(2)13-8-14-11(3)6-7-12(4)15(14)9-13;/h6-8,10H,5,9H2,1-4H3;1H. The maximum atomic E-state index is 2.42. The van der Waals surface area contributed by atoms with Gasteiger partial charge in [-0.15, -0.1) is 0 Å². The summed E-state index contributed by atoms with van der Waals surface area (Å²) in [5.41, 5.74) is 7.54. The second-order valence-corrected chi connectivity index (χ2v) is 4.80. The van der Waals surface area contributed by atoms with Gasteiger partial charge in [0.2, 0.25) is 0 Å². The van der Waals surface area contributed by atoms with Gasteiger partial charge >= 0.3 is 0 Å². The molecule has 0 heteroatoms. The summed E-state index contributed by atoms with van der Waals surface area (Å²) >= 11 is 0. The highest BCUT2D eigenvalue weighted by molar-refractivity contribution is 5.68. The van der Waals surface area contributed by atoms with Crippen molar-refractivity contribution in [3.63, 3.8) is 0 Å². The first kappa shape index (κ1) is 10.5. The van der Waals surface area contributed by atoms with Gasteiger partial charge in [-0.05, 0) is 54.9 Å². The Hall–Kier alpha value is -1.04. The Morgan fingerprint density at radius 3 is 2.53 bits per heavy atom. The minimum Gasteiger partial charge on any atom is -0.0648 e. The van der Waals surface area contributed by atoms with Crippen molar-refractivity contribution in [2.24, 2.45) is 5.92 Å². The monoisotopic (exact) mass is 202 g/mol. The van der Waals surface area contributed by atoms with E-state index < -0.39 is 0 Å². The zero-order valence-electron chi connectivity index (χ0n) is 10.2. The van der Waals surface area contributed by atoms with Gasteiger partial charge in [0, 0.05) is 1.43 Å². The molecule has 1 aliphatic rings. The predicted molar refractivity (Wildman–Crippen MR) is 69.2 cm³/mol. The Morgan fingerprint density at radius 2 is 1.93 bits per heavy atom. The first-order valence-corrected chi connectivity index (χ1v) is 5.93. The van der Waals surface area contributed by atoms with Crippen molar-refractivity contribution in [3.8, 4) is 0 Å². The molecular formula is C15H22. The molecule has 0 aliphatic heterocycles. The second kappa shape index (κ2) is 3.84. The van der Waals surface area contributed by atoms with Crippen LogP contribution >= 0.6 is 0 Å². The van der Waals surface area contributed by atoms with E-state index in [-0.39, 0.29) is 1.43 Å². The van der Waals surface area contributed by atoms with Crippen LogP contribution in [0.25, 0.3) is 6.08 Å². The number of hydrogen-bond acceptors (Lipinski definition) is 0. The molecule has 1 aromatic rings. The van der Waals surface area contributed by atoms with E-state index in [2.05, 4.69) is 45.9 Å². The van der Waals surface area contributed by atoms with Crippen molar-refractivity contribution < 1.29 is 1.43 Å². The van der Waals surface area contributed by atoms with Crippen LogP contribution in [0, 0.1) is 19.8 Å². The molecule has 0 N–H and O–H groups in total. The SMILES string of the molecule is CCC(C)C1=Cc2c(C)ccc(C)c2C1.[HH]. The summed E-state index contributed by atoms with van der Waals surface area (Å²) in [6.45, 7) is 9.05. The van der Waals surface area contributed by atoms with E-state index in [0.717, 1.165) is 5.92 Å². The van der Waals surface area contributed by atoms with Crippen molar-refractivity contribution >= 4 is 6.08 Å². The van der Waals surface area contributed by atoms with E-state index in [1.54, 1.807) is 11.1 Å². The lowest BCUT2D eigenvalue weighted by atomic mass is 9.95. The average Bonchev–Trinajstić information content (AvgIpc) is 2.68. The van der Waals surface area contributed by atoms with Crippen molar-refractivity contribution in [2.45, 2.75) is 40.5 Å². The number of rotatable bonds is 2. The fourth-order valence-electron chi connectivity index (χ4n) is 2.35. The third-order valence-electron chi connectivity index (χ3n) is 3.77. The molecule has 0 heterocycles. The van der Waals surface area contributed by atoms with E-state index in [1.165, 1.54) is 29.5 Å². The lowest BCUT2D eigenvalue weighted by molar-refractivity contribution is 0.647. The Kier molecular flexibility index (Phi) is 2.68. The Bertz CT molecular complexity index is 416. The quantitative estimate of drug-likeness (QED) is 0.660. The first-order chi connectivity index (χ1) is 7.13. The first-order valence-electron chi connectivity index (χ1n) is 5.93. The summed E-state index contributed by atoms with van der Waals surface area (Å²) in [6, 6.07) is 4.49. The molecule has 1 unspecified atom stereocenters. The second-order valence-electron chi connectivity index (χ2n) is 4.80. The van der Waals surface area contributed by atoms with Crippen LogP contribution in [0.3, 0.4) is 0 Å². The summed E-state index contributed by atoms with van der Waals surface area (Å²) < 4.78 is 0. The van der Waals surface area contributed by atoms with Gasteiger partial charge in [-0.1, -0.05) is 37.6 Å². The van der Waals surface area contributed by atoms with Gasteiger partial charge < -0.3 is 0 Å². The molecule has 0 spiro atoms. The molecule has 1 aliphatic carbocycles. The minimum atomic E-state index is 0. The zero-order chi connectivity index (χ0) is 11.0. The van der Waals surface area contributed by atoms with Gasteiger partial charge in [0.15, 0.2) is 0 Å². The topological polar surface area (TPSA) is 0 Å². The molecule has 0 bridgehead atoms. The van der Waals surface area contributed by atoms with E-state index in [4.69, 9.17) is 0 Å². The summed E-state index contributed by atoms with van der Waals surface area (Å²) in [7, 11) is 0. The Balaban J connectivity index is 0.00000128. The number of benzene rings is 1. The van der Waals surface area contributed by atoms with Gasteiger partial charge in [0.05, 0.1) is 0 Å². The van der Waals surface area contributed by atoms with Crippen LogP contribution in [-0.4, -0.2) is 0 Å². The molecular weight excluding hydrogens is 180 g/mol. The molecule has 82 valence electrons. The summed E-state index contributed by atoms with van der Waals surface area (Å²) in [6.07, 6.45) is 4.85. The van der Waals surface area contributed by atoms with Gasteiger partial charge in [-0.25, -0.2) is 0 Å². The number of fused-ring (bicyclic) bond motifs is 1. The van der Waals surface area contributed by atoms with Gasteiger partial charge in [-0.2, -0.15) is 0 Å². The molecule has 2 rings (SSSR count). The highest BCUT2D eigenvalue weighted by atomic mass is 14.2. The highest BCUT2D eigenvalue weighted by Gasteiger charge is 2.19. The molecule has 1 aromatic carbocycles. The van der Waals surface area contributed by atoms with Crippen LogP contribution in [-0.2, 0) is 6.42 Å². The molecule has 0 fully saturated rings. The molecule has 15 heavy (non-hydrogen) atoms.